The SMILES string of the molecule is CN(C)c1ccc(NC(=O)CN(C)c2ncnc3nc[nH]c23)nc1. The second-order valence-electron chi connectivity index (χ2n) is 5.50. The number of imidazole rings is 1. The van der Waals surface area contributed by atoms with Crippen LogP contribution >= 0.6 is 0 Å². The van der Waals surface area contributed by atoms with Gasteiger partial charge >= 0.3 is 0 Å². The number of anilines is 3. The van der Waals surface area contributed by atoms with Crippen LogP contribution in [0.15, 0.2) is 31.0 Å². The van der Waals surface area contributed by atoms with E-state index in [-0.39, 0.29) is 12.5 Å². The molecule has 0 unspecified atom stereocenters. The van der Waals surface area contributed by atoms with E-state index in [2.05, 4.69) is 30.2 Å². The maximum Gasteiger partial charge on any atom is 0.245 e. The van der Waals surface area contributed by atoms with E-state index in [4.69, 9.17) is 0 Å². The normalized spacial score (nSPS) is 10.6. The molecule has 3 rings (SSSR count). The predicted octanol–water partition coefficient (Wildman–Crippen LogP) is 0.889. The number of rotatable bonds is 5. The van der Waals surface area contributed by atoms with Crippen molar-refractivity contribution in [1.82, 2.24) is 24.9 Å². The quantitative estimate of drug-likeness (QED) is 0.717. The molecule has 9 nitrogen and oxygen atoms in total. The van der Waals surface area contributed by atoms with Crippen LogP contribution in [0.2, 0.25) is 0 Å². The molecule has 2 N–H and O–H groups in total. The van der Waals surface area contributed by atoms with E-state index in [1.54, 1.807) is 30.5 Å². The first-order chi connectivity index (χ1) is 11.5. The highest BCUT2D eigenvalue weighted by atomic mass is 16.2. The van der Waals surface area contributed by atoms with E-state index in [1.165, 1.54) is 6.33 Å². The fourth-order valence-electron chi connectivity index (χ4n) is 2.24. The van der Waals surface area contributed by atoms with Gasteiger partial charge in [-0.15, -0.1) is 0 Å². The lowest BCUT2D eigenvalue weighted by atomic mass is 10.3. The van der Waals surface area contributed by atoms with Crippen molar-refractivity contribution < 1.29 is 4.79 Å². The largest absolute Gasteiger partial charge is 0.376 e. The third-order valence-electron chi connectivity index (χ3n) is 3.48. The molecule has 3 heterocycles. The molecule has 0 spiro atoms. The number of aromatic nitrogens is 5. The standard InChI is InChI=1S/C15H18N8O/c1-22(2)10-4-5-11(16-6-10)21-12(24)7-23(3)15-13-14(18-8-17-13)19-9-20-15/h4-6,8-9H,7H2,1-3H3,(H,16,21,24)(H,17,18,19,20). The van der Waals surface area contributed by atoms with Crippen molar-refractivity contribution in [2.45, 2.75) is 0 Å². The van der Waals surface area contributed by atoms with Crippen LogP contribution in [-0.2, 0) is 4.79 Å². The monoisotopic (exact) mass is 326 g/mol. The molecule has 3 aromatic heterocycles. The molecule has 0 aliphatic carbocycles. The van der Waals surface area contributed by atoms with Crippen molar-refractivity contribution in [3.8, 4) is 0 Å². The number of pyridine rings is 1. The average molecular weight is 326 g/mol. The molecule has 3 aromatic rings. The van der Waals surface area contributed by atoms with Crippen molar-refractivity contribution in [3.63, 3.8) is 0 Å². The van der Waals surface area contributed by atoms with Crippen molar-refractivity contribution in [2.75, 3.05) is 42.8 Å². The van der Waals surface area contributed by atoms with E-state index in [1.807, 2.05) is 25.1 Å². The minimum absolute atomic E-state index is 0.127. The van der Waals surface area contributed by atoms with Crippen LogP contribution in [0.25, 0.3) is 11.2 Å². The van der Waals surface area contributed by atoms with E-state index >= 15 is 0 Å². The molecule has 0 atom stereocenters. The molecule has 0 radical (unpaired) electrons. The number of hydrogen-bond acceptors (Lipinski definition) is 7. The van der Waals surface area contributed by atoms with Gasteiger partial charge in [-0.3, -0.25) is 4.79 Å². The third kappa shape index (κ3) is 3.24. The highest BCUT2D eigenvalue weighted by molar-refractivity contribution is 5.94. The molecule has 1 amide bonds. The zero-order chi connectivity index (χ0) is 17.1. The molecule has 24 heavy (non-hydrogen) atoms. The first-order valence-electron chi connectivity index (χ1n) is 7.33. The molecule has 0 saturated heterocycles. The summed E-state index contributed by atoms with van der Waals surface area (Å²) in [7, 11) is 5.65. The number of likely N-dealkylation sites (N-methyl/N-ethyl adjacent to an activating group) is 1. The molecular formula is C15H18N8O. The van der Waals surface area contributed by atoms with Gasteiger partial charge in [0.15, 0.2) is 11.5 Å². The van der Waals surface area contributed by atoms with Gasteiger partial charge in [0.25, 0.3) is 0 Å². The third-order valence-corrected chi connectivity index (χ3v) is 3.48. The predicted molar refractivity (Wildman–Crippen MR) is 92.1 cm³/mol. The fourth-order valence-corrected chi connectivity index (χ4v) is 2.24. The molecule has 0 bridgehead atoms. The maximum absolute atomic E-state index is 12.2. The minimum Gasteiger partial charge on any atom is -0.376 e. The summed E-state index contributed by atoms with van der Waals surface area (Å²) in [6.45, 7) is 0.127. The van der Waals surface area contributed by atoms with Gasteiger partial charge < -0.3 is 20.1 Å². The lowest BCUT2D eigenvalue weighted by Crippen LogP contribution is -2.31. The molecule has 124 valence electrons. The van der Waals surface area contributed by atoms with Crippen molar-refractivity contribution >= 4 is 34.4 Å². The maximum atomic E-state index is 12.2. The van der Waals surface area contributed by atoms with E-state index in [0.29, 0.717) is 22.8 Å². The smallest absolute Gasteiger partial charge is 0.245 e. The van der Waals surface area contributed by atoms with Gasteiger partial charge in [-0.25, -0.2) is 19.9 Å². The van der Waals surface area contributed by atoms with Crippen LogP contribution in [0.4, 0.5) is 17.3 Å². The van der Waals surface area contributed by atoms with Crippen LogP contribution < -0.4 is 15.1 Å². The topological polar surface area (TPSA) is 103 Å². The molecule has 0 aromatic carbocycles. The summed E-state index contributed by atoms with van der Waals surface area (Å²) in [4.78, 5) is 35.5. The molecular weight excluding hydrogens is 308 g/mol. The summed E-state index contributed by atoms with van der Waals surface area (Å²) < 4.78 is 0. The Labute approximate surface area is 138 Å². The highest BCUT2D eigenvalue weighted by Gasteiger charge is 2.14. The zero-order valence-corrected chi connectivity index (χ0v) is 13.7. The highest BCUT2D eigenvalue weighted by Crippen LogP contribution is 2.18. The molecule has 0 aliphatic heterocycles. The van der Waals surface area contributed by atoms with Crippen molar-refractivity contribution in [1.29, 1.82) is 0 Å². The number of carbonyl (C=O) groups excluding carboxylic acids is 1. The second-order valence-corrected chi connectivity index (χ2v) is 5.50. The number of carbonyl (C=O) groups is 1. The molecule has 9 heteroatoms. The van der Waals surface area contributed by atoms with E-state index in [9.17, 15) is 4.79 Å². The number of nitrogens with zero attached hydrogens (tertiary/aromatic N) is 6. The Morgan fingerprint density at radius 1 is 1.17 bits per heavy atom. The lowest BCUT2D eigenvalue weighted by Gasteiger charge is -2.18. The van der Waals surface area contributed by atoms with E-state index in [0.717, 1.165) is 5.69 Å². The number of amides is 1. The van der Waals surface area contributed by atoms with Crippen LogP contribution in [0, 0.1) is 0 Å². The van der Waals surface area contributed by atoms with Gasteiger partial charge in [0.05, 0.1) is 24.8 Å². The number of H-pyrrole nitrogens is 1. The summed E-state index contributed by atoms with van der Waals surface area (Å²) in [5, 5.41) is 2.77. The van der Waals surface area contributed by atoms with Crippen LogP contribution in [0.5, 0.6) is 0 Å². The van der Waals surface area contributed by atoms with Crippen LogP contribution in [0.3, 0.4) is 0 Å². The van der Waals surface area contributed by atoms with Gasteiger partial charge in [-0.2, -0.15) is 0 Å². The molecule has 0 aliphatic rings. The summed E-state index contributed by atoms with van der Waals surface area (Å²) in [6.07, 6.45) is 4.68. The number of nitrogens with one attached hydrogen (secondary N) is 2. The van der Waals surface area contributed by atoms with E-state index < -0.39 is 0 Å². The Morgan fingerprint density at radius 2 is 2.00 bits per heavy atom. The van der Waals surface area contributed by atoms with Crippen LogP contribution in [0.1, 0.15) is 0 Å². The minimum atomic E-state index is -0.186. The summed E-state index contributed by atoms with van der Waals surface area (Å²) in [5.41, 5.74) is 2.22. The Balaban J connectivity index is 1.67. The van der Waals surface area contributed by atoms with Gasteiger partial charge in [0.2, 0.25) is 5.91 Å². The van der Waals surface area contributed by atoms with Crippen LogP contribution in [-0.4, -0.2) is 58.5 Å². The zero-order valence-electron chi connectivity index (χ0n) is 13.7. The van der Waals surface area contributed by atoms with Gasteiger partial charge in [-0.05, 0) is 12.1 Å². The summed E-state index contributed by atoms with van der Waals surface area (Å²) >= 11 is 0. The number of aromatic amines is 1. The number of fused-ring (bicyclic) bond motifs is 1. The first-order valence-corrected chi connectivity index (χ1v) is 7.33. The summed E-state index contributed by atoms with van der Waals surface area (Å²) in [5.74, 6) is 0.936. The van der Waals surface area contributed by atoms with Gasteiger partial charge in [0, 0.05) is 21.1 Å². The Hall–Kier alpha value is -3.23. The average Bonchev–Trinajstić information content (AvgIpc) is 3.03. The van der Waals surface area contributed by atoms with Gasteiger partial charge in [-0.1, -0.05) is 0 Å². The first kappa shape index (κ1) is 15.7. The Morgan fingerprint density at radius 3 is 2.71 bits per heavy atom. The Bertz CT molecular complexity index is 842. The Kier molecular flexibility index (Phi) is 4.23. The number of hydrogen-bond donors (Lipinski definition) is 2. The lowest BCUT2D eigenvalue weighted by molar-refractivity contribution is -0.114. The van der Waals surface area contributed by atoms with Crippen molar-refractivity contribution in [2.24, 2.45) is 0 Å². The van der Waals surface area contributed by atoms with Crippen molar-refractivity contribution in [3.05, 3.63) is 31.0 Å². The molecule has 0 fully saturated rings. The molecule has 0 saturated carbocycles. The van der Waals surface area contributed by atoms with Gasteiger partial charge in [0.1, 0.15) is 17.7 Å². The fraction of sp³-hybridized carbons (Fsp3) is 0.267. The second kappa shape index (κ2) is 6.49. The summed E-state index contributed by atoms with van der Waals surface area (Å²) in [6, 6.07) is 3.66.